The van der Waals surface area contributed by atoms with Crippen molar-refractivity contribution in [3.63, 3.8) is 0 Å². The molecule has 3 aromatic rings. The highest BCUT2D eigenvalue weighted by atomic mass is 32.2. The zero-order valence-electron chi connectivity index (χ0n) is 20.1. The molecule has 1 aromatic heterocycles. The first kappa shape index (κ1) is 26.5. The summed E-state index contributed by atoms with van der Waals surface area (Å²) in [5.41, 5.74) is 2.33. The van der Waals surface area contributed by atoms with Crippen LogP contribution in [0.4, 0.5) is 11.4 Å². The molecule has 192 valence electrons. The molecule has 4 rings (SSSR count). The Bertz CT molecular complexity index is 1300. The lowest BCUT2D eigenvalue weighted by molar-refractivity contribution is -0.123. The van der Waals surface area contributed by atoms with Crippen LogP contribution in [0.2, 0.25) is 0 Å². The molecule has 1 saturated carbocycles. The average Bonchev–Trinajstić information content (AvgIpc) is 3.72. The van der Waals surface area contributed by atoms with E-state index < -0.39 is 34.9 Å². The number of nitrogens with zero attached hydrogens (tertiary/aromatic N) is 2. The molecule has 1 aliphatic rings. The number of amides is 1. The molecule has 0 aliphatic heterocycles. The SMILES string of the molecule is O=C(N[C@@H](CC1CC1)B(O)O)C(C=NS(=O)(=O)c1ccc(Nc2ccncc2)cc1)Cc1ccccc1. The molecule has 1 aliphatic carbocycles. The topological polar surface area (TPSA) is 141 Å². The van der Waals surface area contributed by atoms with Crippen LogP contribution in [0.25, 0.3) is 0 Å². The molecule has 1 heterocycles. The Morgan fingerprint density at radius 2 is 1.68 bits per heavy atom. The van der Waals surface area contributed by atoms with Gasteiger partial charge in [-0.15, -0.1) is 0 Å². The summed E-state index contributed by atoms with van der Waals surface area (Å²) in [6, 6.07) is 18.9. The van der Waals surface area contributed by atoms with Crippen molar-refractivity contribution in [3.8, 4) is 0 Å². The minimum absolute atomic E-state index is 0.0136. The predicted molar refractivity (Wildman–Crippen MR) is 143 cm³/mol. The Morgan fingerprint density at radius 1 is 1.03 bits per heavy atom. The van der Waals surface area contributed by atoms with Crippen molar-refractivity contribution in [1.29, 1.82) is 0 Å². The highest BCUT2D eigenvalue weighted by Gasteiger charge is 2.34. The normalized spacial score (nSPS) is 15.2. The van der Waals surface area contributed by atoms with Crippen molar-refractivity contribution in [2.75, 3.05) is 5.32 Å². The zero-order valence-corrected chi connectivity index (χ0v) is 21.0. The van der Waals surface area contributed by atoms with Gasteiger partial charge in [-0.3, -0.25) is 9.78 Å². The van der Waals surface area contributed by atoms with Crippen LogP contribution >= 0.6 is 0 Å². The Hall–Kier alpha value is -3.54. The van der Waals surface area contributed by atoms with Crippen LogP contribution in [-0.4, -0.2) is 48.6 Å². The number of carbonyl (C=O) groups excluding carboxylic acids is 1. The summed E-state index contributed by atoms with van der Waals surface area (Å²) in [6.45, 7) is 0. The molecule has 2 aromatic carbocycles. The number of benzene rings is 2. The first-order chi connectivity index (χ1) is 17.8. The molecule has 1 unspecified atom stereocenters. The number of anilines is 2. The molecule has 0 radical (unpaired) electrons. The third-order valence-electron chi connectivity index (χ3n) is 6.11. The lowest BCUT2D eigenvalue weighted by Crippen LogP contribution is -2.49. The molecule has 0 saturated heterocycles. The van der Waals surface area contributed by atoms with E-state index in [-0.39, 0.29) is 11.3 Å². The lowest BCUT2D eigenvalue weighted by atomic mass is 9.76. The van der Waals surface area contributed by atoms with Crippen molar-refractivity contribution < 1.29 is 23.3 Å². The summed E-state index contributed by atoms with van der Waals surface area (Å²) in [6.07, 6.45) is 7.06. The van der Waals surface area contributed by atoms with Crippen LogP contribution in [0.5, 0.6) is 0 Å². The highest BCUT2D eigenvalue weighted by Crippen LogP contribution is 2.33. The monoisotopic (exact) mass is 520 g/mol. The summed E-state index contributed by atoms with van der Waals surface area (Å²) in [7, 11) is -5.78. The van der Waals surface area contributed by atoms with Crippen LogP contribution in [0, 0.1) is 11.8 Å². The fraction of sp³-hybridized carbons (Fsp3) is 0.269. The minimum Gasteiger partial charge on any atom is -0.426 e. The number of pyridine rings is 1. The number of aromatic nitrogens is 1. The molecule has 2 atom stereocenters. The van der Waals surface area contributed by atoms with Crippen molar-refractivity contribution in [2.45, 2.75) is 36.5 Å². The minimum atomic E-state index is -4.07. The largest absolute Gasteiger partial charge is 0.475 e. The second-order valence-corrected chi connectivity index (χ2v) is 10.8. The van der Waals surface area contributed by atoms with Gasteiger partial charge < -0.3 is 20.7 Å². The summed E-state index contributed by atoms with van der Waals surface area (Å²) < 4.78 is 29.7. The molecular formula is C26H29BN4O5S. The number of hydrogen-bond acceptors (Lipinski definition) is 7. The second kappa shape index (κ2) is 12.1. The van der Waals surface area contributed by atoms with E-state index in [9.17, 15) is 23.3 Å². The standard InChI is InChI=1S/C26H29BN4O5S/c32-26(31-25(27(33)34)17-20-6-7-20)21(16-19-4-2-1-3-5-19)18-29-37(35,36)24-10-8-22(9-11-24)30-23-12-14-28-15-13-23/h1-5,8-15,18,20-21,25,33-34H,6-7,16-17H2,(H,28,30)(H,31,32)/t21?,25-/m0/s1. The molecule has 0 bridgehead atoms. The van der Waals surface area contributed by atoms with Crippen LogP contribution in [0.3, 0.4) is 0 Å². The third kappa shape index (κ3) is 7.98. The van der Waals surface area contributed by atoms with Crippen LogP contribution < -0.4 is 10.6 Å². The van der Waals surface area contributed by atoms with Crippen molar-refractivity contribution in [1.82, 2.24) is 10.3 Å². The van der Waals surface area contributed by atoms with E-state index >= 15 is 0 Å². The second-order valence-electron chi connectivity index (χ2n) is 9.12. The van der Waals surface area contributed by atoms with Gasteiger partial charge in [-0.25, -0.2) is 0 Å². The smallest absolute Gasteiger partial charge is 0.426 e. The quantitative estimate of drug-likeness (QED) is 0.213. The first-order valence-corrected chi connectivity index (χ1v) is 13.5. The predicted octanol–water partition coefficient (Wildman–Crippen LogP) is 2.74. The first-order valence-electron chi connectivity index (χ1n) is 12.1. The number of sulfonamides is 1. The van der Waals surface area contributed by atoms with E-state index in [0.717, 1.165) is 30.3 Å². The van der Waals surface area contributed by atoms with Gasteiger partial charge in [0.05, 0.1) is 16.8 Å². The van der Waals surface area contributed by atoms with Crippen molar-refractivity contribution in [3.05, 3.63) is 84.7 Å². The molecule has 0 spiro atoms. The van der Waals surface area contributed by atoms with Crippen molar-refractivity contribution in [2.24, 2.45) is 16.2 Å². The lowest BCUT2D eigenvalue weighted by Gasteiger charge is -2.20. The summed E-state index contributed by atoms with van der Waals surface area (Å²) in [5, 5.41) is 25.3. The van der Waals surface area contributed by atoms with Gasteiger partial charge in [-0.2, -0.15) is 12.8 Å². The molecule has 9 nitrogen and oxygen atoms in total. The molecular weight excluding hydrogens is 491 g/mol. The maximum atomic E-state index is 13.1. The van der Waals surface area contributed by atoms with Gasteiger partial charge in [-0.1, -0.05) is 43.2 Å². The maximum absolute atomic E-state index is 13.1. The van der Waals surface area contributed by atoms with E-state index in [1.165, 1.54) is 12.1 Å². The van der Waals surface area contributed by atoms with E-state index in [2.05, 4.69) is 20.0 Å². The van der Waals surface area contributed by atoms with Gasteiger partial charge in [0.15, 0.2) is 0 Å². The number of carbonyl (C=O) groups is 1. The Morgan fingerprint density at radius 3 is 2.30 bits per heavy atom. The number of hydrogen-bond donors (Lipinski definition) is 4. The number of rotatable bonds is 12. The van der Waals surface area contributed by atoms with Gasteiger partial charge in [0.25, 0.3) is 10.0 Å². The summed E-state index contributed by atoms with van der Waals surface area (Å²) in [5.74, 6) is -1.92. The van der Waals surface area contributed by atoms with E-state index in [0.29, 0.717) is 18.0 Å². The maximum Gasteiger partial charge on any atom is 0.475 e. The van der Waals surface area contributed by atoms with E-state index in [1.54, 1.807) is 36.7 Å². The fourth-order valence-electron chi connectivity index (χ4n) is 3.87. The number of nitrogens with one attached hydrogen (secondary N) is 2. The van der Waals surface area contributed by atoms with Gasteiger partial charge in [0.1, 0.15) is 0 Å². The Balaban J connectivity index is 1.49. The summed E-state index contributed by atoms with van der Waals surface area (Å²) in [4.78, 5) is 17.0. The Kier molecular flexibility index (Phi) is 8.70. The molecule has 37 heavy (non-hydrogen) atoms. The van der Waals surface area contributed by atoms with E-state index in [1.807, 2.05) is 30.3 Å². The third-order valence-corrected chi connectivity index (χ3v) is 7.37. The van der Waals surface area contributed by atoms with Gasteiger partial charge in [-0.05, 0) is 60.7 Å². The Labute approximate surface area is 216 Å². The zero-order chi connectivity index (χ0) is 26.3. The summed E-state index contributed by atoms with van der Waals surface area (Å²) >= 11 is 0. The van der Waals surface area contributed by atoms with Gasteiger partial charge >= 0.3 is 7.12 Å². The molecule has 1 amide bonds. The van der Waals surface area contributed by atoms with Crippen LogP contribution in [-0.2, 0) is 21.2 Å². The molecule has 4 N–H and O–H groups in total. The fourth-order valence-corrected chi connectivity index (χ4v) is 4.77. The van der Waals surface area contributed by atoms with Crippen LogP contribution in [0.1, 0.15) is 24.8 Å². The highest BCUT2D eigenvalue weighted by molar-refractivity contribution is 7.90. The molecule has 1 fully saturated rings. The van der Waals surface area contributed by atoms with Crippen LogP contribution in [0.15, 0.2) is 88.4 Å². The van der Waals surface area contributed by atoms with Crippen molar-refractivity contribution >= 4 is 40.6 Å². The van der Waals surface area contributed by atoms with Gasteiger partial charge in [0.2, 0.25) is 5.91 Å². The van der Waals surface area contributed by atoms with E-state index in [4.69, 9.17) is 0 Å². The molecule has 11 heteroatoms. The van der Waals surface area contributed by atoms with Gasteiger partial charge in [0, 0.05) is 30.0 Å². The average molecular weight is 520 g/mol.